The van der Waals surface area contributed by atoms with Crippen molar-refractivity contribution in [1.29, 1.82) is 0 Å². The standard InChI is InChI=1S/C26H28F3N3O5S/c1-36-13-12-31(24(33)19-6-10-23(37-2)11-7-19)16-22-15-30-25(32(22)21-8-9-21)38(34,35)17-18-4-3-5-20(14-18)26(27,28)29/h3-7,10-11,14-15,21H,8-9,12-13,16-17H2,1-2H3. The Morgan fingerprint density at radius 2 is 1.84 bits per heavy atom. The first-order valence-electron chi connectivity index (χ1n) is 11.9. The third kappa shape index (κ3) is 6.36. The second-order valence-corrected chi connectivity index (χ2v) is 10.9. The van der Waals surface area contributed by atoms with Crippen LogP contribution < -0.4 is 4.74 Å². The third-order valence-corrected chi connectivity index (χ3v) is 7.75. The molecule has 1 heterocycles. The topological polar surface area (TPSA) is 90.7 Å². The quantitative estimate of drug-likeness (QED) is 0.348. The second-order valence-electron chi connectivity index (χ2n) is 9.04. The average Bonchev–Trinajstić information content (AvgIpc) is 3.64. The van der Waals surface area contributed by atoms with Gasteiger partial charge >= 0.3 is 6.18 Å². The Morgan fingerprint density at radius 1 is 1.13 bits per heavy atom. The number of benzene rings is 2. The zero-order valence-electron chi connectivity index (χ0n) is 20.9. The monoisotopic (exact) mass is 551 g/mol. The highest BCUT2D eigenvalue weighted by Gasteiger charge is 2.35. The zero-order chi connectivity index (χ0) is 27.5. The summed E-state index contributed by atoms with van der Waals surface area (Å²) in [4.78, 5) is 19.0. The summed E-state index contributed by atoms with van der Waals surface area (Å²) in [6.45, 7) is 0.598. The fraction of sp³-hybridized carbons (Fsp3) is 0.385. The van der Waals surface area contributed by atoms with E-state index in [-0.39, 0.29) is 42.4 Å². The molecule has 204 valence electrons. The third-order valence-electron chi connectivity index (χ3n) is 6.18. The van der Waals surface area contributed by atoms with Gasteiger partial charge in [0.1, 0.15) is 5.75 Å². The van der Waals surface area contributed by atoms with Crippen LogP contribution >= 0.6 is 0 Å². The predicted octanol–water partition coefficient (Wildman–Crippen LogP) is 4.51. The average molecular weight is 552 g/mol. The summed E-state index contributed by atoms with van der Waals surface area (Å²) in [6.07, 6.45) is -1.69. The van der Waals surface area contributed by atoms with Crippen molar-refractivity contribution < 1.29 is 35.9 Å². The zero-order valence-corrected chi connectivity index (χ0v) is 21.8. The molecule has 1 aliphatic rings. The van der Waals surface area contributed by atoms with Crippen molar-refractivity contribution in [1.82, 2.24) is 14.5 Å². The first kappa shape index (κ1) is 27.6. The molecular formula is C26H28F3N3O5S. The maximum atomic E-state index is 13.3. The molecule has 8 nitrogen and oxygen atoms in total. The summed E-state index contributed by atoms with van der Waals surface area (Å²) in [5.41, 5.74) is 0.0512. The molecular weight excluding hydrogens is 523 g/mol. The summed E-state index contributed by atoms with van der Waals surface area (Å²) in [6, 6.07) is 10.8. The lowest BCUT2D eigenvalue weighted by Gasteiger charge is -2.23. The molecule has 0 unspecified atom stereocenters. The van der Waals surface area contributed by atoms with Gasteiger partial charge < -0.3 is 18.9 Å². The van der Waals surface area contributed by atoms with Crippen LogP contribution in [0.4, 0.5) is 13.2 Å². The molecule has 3 aromatic rings. The predicted molar refractivity (Wildman–Crippen MR) is 132 cm³/mol. The molecule has 1 saturated carbocycles. The number of methoxy groups -OCH3 is 2. The number of hydrogen-bond donors (Lipinski definition) is 0. The molecule has 0 atom stereocenters. The molecule has 2 aromatic carbocycles. The van der Waals surface area contributed by atoms with E-state index in [4.69, 9.17) is 9.47 Å². The summed E-state index contributed by atoms with van der Waals surface area (Å²) in [5, 5.41) is -0.212. The molecule has 0 bridgehead atoms. The van der Waals surface area contributed by atoms with Crippen molar-refractivity contribution in [2.24, 2.45) is 0 Å². The second kappa shape index (κ2) is 11.2. The molecule has 4 rings (SSSR count). The molecule has 1 aromatic heterocycles. The van der Waals surface area contributed by atoms with E-state index in [0.717, 1.165) is 25.0 Å². The number of ether oxygens (including phenoxy) is 2. The number of halogens is 3. The van der Waals surface area contributed by atoms with Crippen molar-refractivity contribution in [2.45, 2.75) is 42.5 Å². The van der Waals surface area contributed by atoms with Gasteiger partial charge in [-0.3, -0.25) is 4.79 Å². The molecule has 0 aliphatic heterocycles. The molecule has 1 aliphatic carbocycles. The number of amides is 1. The van der Waals surface area contributed by atoms with Crippen LogP contribution in [-0.2, 0) is 33.0 Å². The molecule has 1 amide bonds. The largest absolute Gasteiger partial charge is 0.497 e. The lowest BCUT2D eigenvalue weighted by Crippen LogP contribution is -2.34. The number of nitrogens with zero attached hydrogens (tertiary/aromatic N) is 3. The molecule has 0 saturated heterocycles. The molecule has 1 fully saturated rings. The molecule has 0 N–H and O–H groups in total. The van der Waals surface area contributed by atoms with Crippen LogP contribution in [0.3, 0.4) is 0 Å². The first-order chi connectivity index (χ1) is 18.0. The molecule has 12 heteroatoms. The Hall–Kier alpha value is -3.38. The van der Waals surface area contributed by atoms with Crippen molar-refractivity contribution in [2.75, 3.05) is 27.4 Å². The number of carbonyl (C=O) groups excluding carboxylic acids is 1. The number of aromatic nitrogens is 2. The van der Waals surface area contributed by atoms with Crippen LogP contribution in [0.15, 0.2) is 59.9 Å². The SMILES string of the molecule is COCCN(Cc1cnc(S(=O)(=O)Cc2cccc(C(F)(F)F)c2)n1C1CC1)C(=O)c1ccc(OC)cc1. The van der Waals surface area contributed by atoms with Gasteiger partial charge in [-0.05, 0) is 48.7 Å². The number of carbonyl (C=O) groups is 1. The highest BCUT2D eigenvalue weighted by atomic mass is 32.2. The maximum absolute atomic E-state index is 13.3. The van der Waals surface area contributed by atoms with Crippen molar-refractivity contribution >= 4 is 15.7 Å². The van der Waals surface area contributed by atoms with E-state index in [1.807, 2.05) is 0 Å². The Labute approximate surface area is 218 Å². The fourth-order valence-corrected chi connectivity index (χ4v) is 5.66. The fourth-order valence-electron chi connectivity index (χ4n) is 4.13. The Balaban J connectivity index is 1.62. The first-order valence-corrected chi connectivity index (χ1v) is 13.6. The highest BCUT2D eigenvalue weighted by Crippen LogP contribution is 2.39. The van der Waals surface area contributed by atoms with Crippen molar-refractivity contribution in [3.63, 3.8) is 0 Å². The lowest BCUT2D eigenvalue weighted by molar-refractivity contribution is -0.137. The summed E-state index contributed by atoms with van der Waals surface area (Å²) >= 11 is 0. The summed E-state index contributed by atoms with van der Waals surface area (Å²) < 4.78 is 78.0. The summed E-state index contributed by atoms with van der Waals surface area (Å²) in [7, 11) is -1.04. The molecule has 0 radical (unpaired) electrons. The van der Waals surface area contributed by atoms with Crippen molar-refractivity contribution in [3.8, 4) is 5.75 Å². The van der Waals surface area contributed by atoms with E-state index >= 15 is 0 Å². The van der Waals surface area contributed by atoms with Gasteiger partial charge in [-0.25, -0.2) is 13.4 Å². The van der Waals surface area contributed by atoms with Crippen LogP contribution in [0.5, 0.6) is 5.75 Å². The number of hydrogen-bond acceptors (Lipinski definition) is 6. The van der Waals surface area contributed by atoms with Crippen LogP contribution in [0.2, 0.25) is 0 Å². The van der Waals surface area contributed by atoms with Gasteiger partial charge in [-0.2, -0.15) is 13.2 Å². The maximum Gasteiger partial charge on any atom is 0.416 e. The Kier molecular flexibility index (Phi) is 8.12. The Morgan fingerprint density at radius 3 is 2.45 bits per heavy atom. The van der Waals surface area contributed by atoms with Gasteiger partial charge in [-0.15, -0.1) is 0 Å². The van der Waals surface area contributed by atoms with Crippen LogP contribution in [0.25, 0.3) is 0 Å². The van der Waals surface area contributed by atoms with Gasteiger partial charge in [0.15, 0.2) is 0 Å². The van der Waals surface area contributed by atoms with Gasteiger partial charge in [0.2, 0.25) is 15.0 Å². The van der Waals surface area contributed by atoms with Gasteiger partial charge in [0.25, 0.3) is 5.91 Å². The number of rotatable bonds is 11. The number of sulfone groups is 1. The van der Waals surface area contributed by atoms with Crippen molar-refractivity contribution in [3.05, 3.63) is 77.1 Å². The van der Waals surface area contributed by atoms with Gasteiger partial charge in [0.05, 0.1) is 43.5 Å². The van der Waals surface area contributed by atoms with Crippen LogP contribution in [-0.4, -0.2) is 56.1 Å². The van der Waals surface area contributed by atoms with E-state index in [0.29, 0.717) is 17.0 Å². The smallest absolute Gasteiger partial charge is 0.416 e. The number of alkyl halides is 3. The minimum Gasteiger partial charge on any atom is -0.497 e. The summed E-state index contributed by atoms with van der Waals surface area (Å²) in [5.74, 6) is -0.299. The van der Waals surface area contributed by atoms with E-state index < -0.39 is 27.3 Å². The van der Waals surface area contributed by atoms with E-state index in [1.54, 1.807) is 33.7 Å². The molecule has 0 spiro atoms. The lowest BCUT2D eigenvalue weighted by atomic mass is 10.1. The number of imidazole rings is 1. The Bertz CT molecular complexity index is 1380. The van der Waals surface area contributed by atoms with E-state index in [1.165, 1.54) is 32.5 Å². The normalized spacial score (nSPS) is 13.9. The molecule has 38 heavy (non-hydrogen) atoms. The van der Waals surface area contributed by atoms with Gasteiger partial charge in [0, 0.05) is 25.3 Å². The van der Waals surface area contributed by atoms with Crippen LogP contribution in [0.1, 0.15) is 46.1 Å². The van der Waals surface area contributed by atoms with Gasteiger partial charge in [-0.1, -0.05) is 18.2 Å². The minimum absolute atomic E-state index is 0.0168. The van der Waals surface area contributed by atoms with E-state index in [2.05, 4.69) is 4.98 Å². The van der Waals surface area contributed by atoms with Crippen LogP contribution in [0, 0.1) is 0 Å². The highest BCUT2D eigenvalue weighted by molar-refractivity contribution is 7.90. The minimum atomic E-state index is -4.58. The van der Waals surface area contributed by atoms with E-state index in [9.17, 15) is 26.4 Å².